The lowest BCUT2D eigenvalue weighted by Gasteiger charge is -2.42. The Morgan fingerprint density at radius 3 is 2.91 bits per heavy atom. The Hall–Kier alpha value is -0.940. The normalized spacial score (nSPS) is 33.0. The average molecular weight is 321 g/mol. The first-order chi connectivity index (χ1) is 10.5. The quantitative estimate of drug-likeness (QED) is 0.910. The highest BCUT2D eigenvalue weighted by Gasteiger charge is 2.40. The highest BCUT2D eigenvalue weighted by atomic mass is 32.1. The summed E-state index contributed by atoms with van der Waals surface area (Å²) in [4.78, 5) is 19.7. The SMILES string of the molecule is Cc1csc(C2CCCN(C(=O)C3CCCCC3(C)N)C2)n1. The van der Waals surface area contributed by atoms with Crippen LogP contribution in [0.5, 0.6) is 0 Å². The third kappa shape index (κ3) is 3.20. The zero-order valence-corrected chi connectivity index (χ0v) is 14.5. The molecule has 2 N–H and O–H groups in total. The maximum atomic E-state index is 13.0. The van der Waals surface area contributed by atoms with Crippen molar-refractivity contribution in [2.24, 2.45) is 11.7 Å². The van der Waals surface area contributed by atoms with Crippen LogP contribution in [0.25, 0.3) is 0 Å². The molecule has 1 amide bonds. The van der Waals surface area contributed by atoms with E-state index in [9.17, 15) is 4.79 Å². The fourth-order valence-corrected chi connectivity index (χ4v) is 4.85. The van der Waals surface area contributed by atoms with Crippen molar-refractivity contribution in [3.05, 3.63) is 16.1 Å². The number of nitrogens with two attached hydrogens (primary N) is 1. The molecular weight excluding hydrogens is 294 g/mol. The largest absolute Gasteiger partial charge is 0.342 e. The Bertz CT molecular complexity index is 540. The molecule has 1 aliphatic carbocycles. The van der Waals surface area contributed by atoms with Gasteiger partial charge in [0, 0.05) is 35.6 Å². The van der Waals surface area contributed by atoms with Gasteiger partial charge >= 0.3 is 0 Å². The van der Waals surface area contributed by atoms with Gasteiger partial charge in [0.15, 0.2) is 0 Å². The molecule has 1 saturated carbocycles. The molecule has 0 spiro atoms. The van der Waals surface area contributed by atoms with Crippen LogP contribution < -0.4 is 5.73 Å². The topological polar surface area (TPSA) is 59.2 Å². The molecule has 3 unspecified atom stereocenters. The molecule has 0 radical (unpaired) electrons. The lowest BCUT2D eigenvalue weighted by Crippen LogP contribution is -2.55. The number of hydrogen-bond acceptors (Lipinski definition) is 4. The van der Waals surface area contributed by atoms with Crippen molar-refractivity contribution in [2.75, 3.05) is 13.1 Å². The number of nitrogens with zero attached hydrogens (tertiary/aromatic N) is 2. The summed E-state index contributed by atoms with van der Waals surface area (Å²) in [5.41, 5.74) is 7.18. The molecule has 22 heavy (non-hydrogen) atoms. The first-order valence-electron chi connectivity index (χ1n) is 8.47. The number of carbonyl (C=O) groups excluding carboxylic acids is 1. The Morgan fingerprint density at radius 2 is 2.23 bits per heavy atom. The van der Waals surface area contributed by atoms with E-state index in [1.165, 1.54) is 5.01 Å². The van der Waals surface area contributed by atoms with E-state index in [1.807, 2.05) is 6.92 Å². The molecule has 122 valence electrons. The highest BCUT2D eigenvalue weighted by Crippen LogP contribution is 2.35. The molecule has 0 aromatic carbocycles. The van der Waals surface area contributed by atoms with Gasteiger partial charge in [-0.2, -0.15) is 0 Å². The summed E-state index contributed by atoms with van der Waals surface area (Å²) < 4.78 is 0. The maximum absolute atomic E-state index is 13.0. The lowest BCUT2D eigenvalue weighted by molar-refractivity contribution is -0.140. The fourth-order valence-electron chi connectivity index (χ4n) is 3.92. The molecule has 0 bridgehead atoms. The van der Waals surface area contributed by atoms with E-state index in [0.29, 0.717) is 5.92 Å². The Labute approximate surface area is 137 Å². The van der Waals surface area contributed by atoms with Crippen LogP contribution in [0, 0.1) is 12.8 Å². The summed E-state index contributed by atoms with van der Waals surface area (Å²) in [6.07, 6.45) is 6.41. The minimum absolute atomic E-state index is 0.00182. The van der Waals surface area contributed by atoms with Crippen LogP contribution in [0.3, 0.4) is 0 Å². The summed E-state index contributed by atoms with van der Waals surface area (Å²) in [6.45, 7) is 5.79. The number of thiazole rings is 1. The Morgan fingerprint density at radius 1 is 1.41 bits per heavy atom. The van der Waals surface area contributed by atoms with Gasteiger partial charge in [-0.1, -0.05) is 12.8 Å². The molecule has 4 nitrogen and oxygen atoms in total. The molecule has 1 aromatic rings. The molecule has 3 atom stereocenters. The van der Waals surface area contributed by atoms with Crippen LogP contribution in [0.4, 0.5) is 0 Å². The molecule has 1 aromatic heterocycles. The third-order valence-corrected chi connectivity index (χ3v) is 6.40. The van der Waals surface area contributed by atoms with Crippen molar-refractivity contribution in [1.29, 1.82) is 0 Å². The number of piperidine rings is 1. The summed E-state index contributed by atoms with van der Waals surface area (Å²) in [5.74, 6) is 0.685. The third-order valence-electron chi connectivity index (χ3n) is 5.27. The molecule has 2 aliphatic rings. The van der Waals surface area contributed by atoms with Crippen LogP contribution in [-0.2, 0) is 4.79 Å². The molecule has 2 heterocycles. The highest BCUT2D eigenvalue weighted by molar-refractivity contribution is 7.09. The minimum atomic E-state index is -0.333. The summed E-state index contributed by atoms with van der Waals surface area (Å²) in [5, 5.41) is 3.29. The molecule has 1 saturated heterocycles. The van der Waals surface area contributed by atoms with Crippen LogP contribution in [0.1, 0.15) is 62.1 Å². The number of likely N-dealkylation sites (tertiary alicyclic amines) is 1. The molecule has 2 fully saturated rings. The summed E-state index contributed by atoms with van der Waals surface area (Å²) in [7, 11) is 0. The molecule has 1 aliphatic heterocycles. The van der Waals surface area contributed by atoms with Gasteiger partial charge in [-0.05, 0) is 39.5 Å². The maximum Gasteiger partial charge on any atom is 0.227 e. The smallest absolute Gasteiger partial charge is 0.227 e. The van der Waals surface area contributed by atoms with Gasteiger partial charge in [0.2, 0.25) is 5.91 Å². The van der Waals surface area contributed by atoms with E-state index in [4.69, 9.17) is 5.73 Å². The number of aryl methyl sites for hydroxylation is 1. The van der Waals surface area contributed by atoms with Gasteiger partial charge in [-0.3, -0.25) is 4.79 Å². The zero-order chi connectivity index (χ0) is 15.7. The van der Waals surface area contributed by atoms with Crippen molar-refractivity contribution in [2.45, 2.75) is 63.8 Å². The second-order valence-electron chi connectivity index (χ2n) is 7.25. The monoisotopic (exact) mass is 321 g/mol. The molecule has 5 heteroatoms. The van der Waals surface area contributed by atoms with E-state index in [-0.39, 0.29) is 17.4 Å². The average Bonchev–Trinajstić information content (AvgIpc) is 2.93. The first-order valence-corrected chi connectivity index (χ1v) is 9.35. The zero-order valence-electron chi connectivity index (χ0n) is 13.7. The van der Waals surface area contributed by atoms with E-state index in [0.717, 1.165) is 57.3 Å². The second kappa shape index (κ2) is 6.28. The van der Waals surface area contributed by atoms with E-state index < -0.39 is 0 Å². The van der Waals surface area contributed by atoms with Gasteiger partial charge in [0.1, 0.15) is 0 Å². The second-order valence-corrected chi connectivity index (χ2v) is 8.14. The van der Waals surface area contributed by atoms with E-state index in [1.54, 1.807) is 11.3 Å². The van der Waals surface area contributed by atoms with Crippen LogP contribution in [0.2, 0.25) is 0 Å². The van der Waals surface area contributed by atoms with Crippen LogP contribution >= 0.6 is 11.3 Å². The van der Waals surface area contributed by atoms with Crippen molar-refractivity contribution in [1.82, 2.24) is 9.88 Å². The van der Waals surface area contributed by atoms with Gasteiger partial charge in [-0.15, -0.1) is 11.3 Å². The summed E-state index contributed by atoms with van der Waals surface area (Å²) >= 11 is 1.73. The predicted octanol–water partition coefficient (Wildman–Crippen LogP) is 3.07. The first kappa shape index (κ1) is 15.9. The van der Waals surface area contributed by atoms with Crippen molar-refractivity contribution in [3.63, 3.8) is 0 Å². The predicted molar refractivity (Wildman–Crippen MR) is 90.0 cm³/mol. The van der Waals surface area contributed by atoms with Crippen molar-refractivity contribution >= 4 is 17.2 Å². The number of rotatable bonds is 2. The number of aromatic nitrogens is 1. The number of amides is 1. The van der Waals surface area contributed by atoms with Crippen LogP contribution in [0.15, 0.2) is 5.38 Å². The van der Waals surface area contributed by atoms with Crippen molar-refractivity contribution in [3.8, 4) is 0 Å². The summed E-state index contributed by atoms with van der Waals surface area (Å²) in [6, 6.07) is 0. The van der Waals surface area contributed by atoms with Gasteiger partial charge < -0.3 is 10.6 Å². The van der Waals surface area contributed by atoms with Gasteiger partial charge in [-0.25, -0.2) is 4.98 Å². The van der Waals surface area contributed by atoms with Gasteiger partial charge in [0.05, 0.1) is 10.9 Å². The Balaban J connectivity index is 1.70. The van der Waals surface area contributed by atoms with E-state index >= 15 is 0 Å². The molecule has 3 rings (SSSR count). The van der Waals surface area contributed by atoms with Gasteiger partial charge in [0.25, 0.3) is 0 Å². The number of hydrogen-bond donors (Lipinski definition) is 1. The fraction of sp³-hybridized carbons (Fsp3) is 0.765. The number of carbonyl (C=O) groups is 1. The lowest BCUT2D eigenvalue weighted by atomic mass is 9.73. The Kier molecular flexibility index (Phi) is 4.55. The van der Waals surface area contributed by atoms with Crippen molar-refractivity contribution < 1.29 is 4.79 Å². The van der Waals surface area contributed by atoms with E-state index in [2.05, 4.69) is 22.2 Å². The molecular formula is C17H27N3OS. The van der Waals surface area contributed by atoms with Crippen LogP contribution in [-0.4, -0.2) is 34.4 Å². The minimum Gasteiger partial charge on any atom is -0.342 e. The standard InChI is InChI=1S/C17H27N3OS/c1-12-11-22-15(19-12)13-6-5-9-20(10-13)16(21)14-7-3-4-8-17(14,2)18/h11,13-14H,3-10,18H2,1-2H3.